The SMILES string of the molecule is COc1ccccc1-n1cc(C(=O)N2CCC(Cn3cccn3)CC2)cn1. The highest BCUT2D eigenvalue weighted by molar-refractivity contribution is 5.93. The summed E-state index contributed by atoms with van der Waals surface area (Å²) >= 11 is 0. The van der Waals surface area contributed by atoms with Crippen molar-refractivity contribution in [3.63, 3.8) is 0 Å². The highest BCUT2D eigenvalue weighted by atomic mass is 16.5. The third-order valence-electron chi connectivity index (χ3n) is 5.07. The molecule has 7 nitrogen and oxygen atoms in total. The molecule has 3 heterocycles. The maximum atomic E-state index is 12.8. The number of likely N-dealkylation sites (tertiary alicyclic amines) is 1. The Kier molecular flexibility index (Phi) is 4.91. The summed E-state index contributed by atoms with van der Waals surface area (Å²) in [5.41, 5.74) is 1.42. The highest BCUT2D eigenvalue weighted by Crippen LogP contribution is 2.23. The van der Waals surface area contributed by atoms with Gasteiger partial charge < -0.3 is 9.64 Å². The lowest BCUT2D eigenvalue weighted by Crippen LogP contribution is -2.39. The average Bonchev–Trinajstić information content (AvgIpc) is 3.40. The first-order chi connectivity index (χ1) is 13.2. The molecule has 0 radical (unpaired) electrons. The van der Waals surface area contributed by atoms with E-state index < -0.39 is 0 Å². The molecule has 4 rings (SSSR count). The number of carbonyl (C=O) groups is 1. The number of hydrogen-bond donors (Lipinski definition) is 0. The summed E-state index contributed by atoms with van der Waals surface area (Å²) in [6.07, 6.45) is 9.18. The molecule has 0 atom stereocenters. The number of benzene rings is 1. The molecule has 0 bridgehead atoms. The van der Waals surface area contributed by atoms with Crippen molar-refractivity contribution >= 4 is 5.91 Å². The number of amides is 1. The molecule has 3 aromatic rings. The summed E-state index contributed by atoms with van der Waals surface area (Å²) in [4.78, 5) is 14.8. The Labute approximate surface area is 158 Å². The first-order valence-electron chi connectivity index (χ1n) is 9.19. The van der Waals surface area contributed by atoms with E-state index >= 15 is 0 Å². The van der Waals surface area contributed by atoms with Crippen molar-refractivity contribution < 1.29 is 9.53 Å². The first-order valence-corrected chi connectivity index (χ1v) is 9.19. The van der Waals surface area contributed by atoms with Gasteiger partial charge in [-0.1, -0.05) is 12.1 Å². The molecule has 7 heteroatoms. The predicted octanol–water partition coefficient (Wildman–Crippen LogP) is 2.63. The molecular formula is C20H23N5O2. The molecule has 140 valence electrons. The number of ether oxygens (including phenoxy) is 1. The molecule has 0 aliphatic carbocycles. The maximum absolute atomic E-state index is 12.8. The van der Waals surface area contributed by atoms with E-state index in [4.69, 9.17) is 4.74 Å². The Morgan fingerprint density at radius 2 is 2.00 bits per heavy atom. The molecule has 27 heavy (non-hydrogen) atoms. The third kappa shape index (κ3) is 3.72. The molecule has 1 aliphatic heterocycles. The first kappa shape index (κ1) is 17.3. The van der Waals surface area contributed by atoms with Crippen LogP contribution in [0.1, 0.15) is 23.2 Å². The van der Waals surface area contributed by atoms with E-state index in [1.54, 1.807) is 30.4 Å². The van der Waals surface area contributed by atoms with E-state index in [2.05, 4.69) is 10.2 Å². The summed E-state index contributed by atoms with van der Waals surface area (Å²) in [7, 11) is 1.63. The van der Waals surface area contributed by atoms with Gasteiger partial charge in [0.05, 0.1) is 18.9 Å². The largest absolute Gasteiger partial charge is 0.494 e. The van der Waals surface area contributed by atoms with Gasteiger partial charge in [-0.3, -0.25) is 9.48 Å². The van der Waals surface area contributed by atoms with Crippen LogP contribution in [0.4, 0.5) is 0 Å². The van der Waals surface area contributed by atoms with Gasteiger partial charge in [-0.05, 0) is 37.0 Å². The van der Waals surface area contributed by atoms with Crippen LogP contribution < -0.4 is 4.74 Å². The molecule has 1 amide bonds. The summed E-state index contributed by atoms with van der Waals surface area (Å²) in [5, 5.41) is 8.63. The second-order valence-corrected chi connectivity index (χ2v) is 6.81. The van der Waals surface area contributed by atoms with Crippen molar-refractivity contribution in [1.29, 1.82) is 0 Å². The van der Waals surface area contributed by atoms with E-state index in [-0.39, 0.29) is 5.91 Å². The molecular weight excluding hydrogens is 342 g/mol. The minimum absolute atomic E-state index is 0.0358. The number of hydrogen-bond acceptors (Lipinski definition) is 4. The van der Waals surface area contributed by atoms with Crippen LogP contribution in [-0.2, 0) is 6.54 Å². The number of methoxy groups -OCH3 is 1. The molecule has 0 saturated carbocycles. The van der Waals surface area contributed by atoms with E-state index in [1.807, 2.05) is 46.1 Å². The average molecular weight is 365 g/mol. The number of rotatable bonds is 5. The predicted molar refractivity (Wildman–Crippen MR) is 101 cm³/mol. The van der Waals surface area contributed by atoms with E-state index in [9.17, 15) is 4.79 Å². The minimum atomic E-state index is 0.0358. The van der Waals surface area contributed by atoms with Crippen molar-refractivity contribution in [2.45, 2.75) is 19.4 Å². The van der Waals surface area contributed by atoms with Crippen LogP contribution in [0.3, 0.4) is 0 Å². The number of piperidine rings is 1. The van der Waals surface area contributed by atoms with Crippen LogP contribution in [-0.4, -0.2) is 50.6 Å². The number of carbonyl (C=O) groups excluding carboxylic acids is 1. The molecule has 1 saturated heterocycles. The maximum Gasteiger partial charge on any atom is 0.257 e. The van der Waals surface area contributed by atoms with Crippen molar-refractivity contribution in [2.75, 3.05) is 20.2 Å². The van der Waals surface area contributed by atoms with Crippen LogP contribution in [0, 0.1) is 5.92 Å². The van der Waals surface area contributed by atoms with Gasteiger partial charge in [0, 0.05) is 38.2 Å². The van der Waals surface area contributed by atoms with Gasteiger partial charge in [0.2, 0.25) is 0 Å². The van der Waals surface area contributed by atoms with Crippen molar-refractivity contribution in [3.8, 4) is 11.4 Å². The second kappa shape index (κ2) is 7.65. The zero-order chi connectivity index (χ0) is 18.6. The van der Waals surface area contributed by atoms with Crippen LogP contribution in [0.25, 0.3) is 5.69 Å². The molecule has 0 unspecified atom stereocenters. The standard InChI is InChI=1S/C20H23N5O2/c1-27-19-6-3-2-5-18(19)25-15-17(13-22-25)20(26)23-11-7-16(8-12-23)14-24-10-4-9-21-24/h2-6,9-10,13,15-16H,7-8,11-12,14H2,1H3. The van der Waals surface area contributed by atoms with Gasteiger partial charge in [-0.25, -0.2) is 4.68 Å². The van der Waals surface area contributed by atoms with Gasteiger partial charge in [0.25, 0.3) is 5.91 Å². The quantitative estimate of drug-likeness (QED) is 0.697. The zero-order valence-electron chi connectivity index (χ0n) is 15.4. The lowest BCUT2D eigenvalue weighted by molar-refractivity contribution is 0.0681. The fourth-order valence-corrected chi connectivity index (χ4v) is 3.56. The summed E-state index contributed by atoms with van der Waals surface area (Å²) in [6.45, 7) is 2.45. The smallest absolute Gasteiger partial charge is 0.257 e. The Morgan fingerprint density at radius 3 is 2.74 bits per heavy atom. The molecule has 2 aromatic heterocycles. The van der Waals surface area contributed by atoms with Crippen LogP contribution in [0.2, 0.25) is 0 Å². The van der Waals surface area contributed by atoms with E-state index in [1.165, 1.54) is 0 Å². The Hall–Kier alpha value is -3.09. The van der Waals surface area contributed by atoms with Crippen LogP contribution in [0.15, 0.2) is 55.1 Å². The number of nitrogens with zero attached hydrogens (tertiary/aromatic N) is 5. The van der Waals surface area contributed by atoms with Gasteiger partial charge in [0.1, 0.15) is 11.4 Å². The van der Waals surface area contributed by atoms with Gasteiger partial charge in [-0.2, -0.15) is 10.2 Å². The fraction of sp³-hybridized carbons (Fsp3) is 0.350. The fourth-order valence-electron chi connectivity index (χ4n) is 3.56. The van der Waals surface area contributed by atoms with Crippen LogP contribution in [0.5, 0.6) is 5.75 Å². The topological polar surface area (TPSA) is 65.2 Å². The van der Waals surface area contributed by atoms with E-state index in [0.29, 0.717) is 11.5 Å². The van der Waals surface area contributed by atoms with Gasteiger partial charge in [-0.15, -0.1) is 0 Å². The Balaban J connectivity index is 1.40. The van der Waals surface area contributed by atoms with Gasteiger partial charge >= 0.3 is 0 Å². The lowest BCUT2D eigenvalue weighted by atomic mass is 9.96. The summed E-state index contributed by atoms with van der Waals surface area (Å²) in [5.74, 6) is 1.32. The monoisotopic (exact) mass is 365 g/mol. The molecule has 1 fully saturated rings. The normalized spacial score (nSPS) is 15.1. The molecule has 1 aromatic carbocycles. The highest BCUT2D eigenvalue weighted by Gasteiger charge is 2.25. The van der Waals surface area contributed by atoms with E-state index in [0.717, 1.165) is 43.9 Å². The molecule has 0 spiro atoms. The van der Waals surface area contributed by atoms with Crippen molar-refractivity contribution in [2.24, 2.45) is 5.92 Å². The summed E-state index contributed by atoms with van der Waals surface area (Å²) in [6, 6.07) is 9.57. The second-order valence-electron chi connectivity index (χ2n) is 6.81. The van der Waals surface area contributed by atoms with Gasteiger partial charge in [0.15, 0.2) is 0 Å². The molecule has 1 aliphatic rings. The lowest BCUT2D eigenvalue weighted by Gasteiger charge is -2.31. The molecule has 0 N–H and O–H groups in total. The summed E-state index contributed by atoms with van der Waals surface area (Å²) < 4.78 is 9.04. The Bertz CT molecular complexity index is 895. The number of aromatic nitrogens is 4. The minimum Gasteiger partial charge on any atom is -0.494 e. The zero-order valence-corrected chi connectivity index (χ0v) is 15.4. The number of para-hydroxylation sites is 2. The third-order valence-corrected chi connectivity index (χ3v) is 5.07. The Morgan fingerprint density at radius 1 is 1.19 bits per heavy atom. The van der Waals surface area contributed by atoms with Crippen molar-refractivity contribution in [3.05, 3.63) is 60.7 Å². The van der Waals surface area contributed by atoms with Crippen LogP contribution >= 0.6 is 0 Å². The van der Waals surface area contributed by atoms with Crippen molar-refractivity contribution in [1.82, 2.24) is 24.5 Å².